The van der Waals surface area contributed by atoms with Gasteiger partial charge in [0.25, 0.3) is 0 Å². The summed E-state index contributed by atoms with van der Waals surface area (Å²) >= 11 is 0. The summed E-state index contributed by atoms with van der Waals surface area (Å²) in [7, 11) is 0. The van der Waals surface area contributed by atoms with E-state index < -0.39 is 0 Å². The summed E-state index contributed by atoms with van der Waals surface area (Å²) in [5, 5.41) is 22.1. The van der Waals surface area contributed by atoms with E-state index in [0.717, 1.165) is 12.4 Å². The zero-order valence-corrected chi connectivity index (χ0v) is 12.3. The van der Waals surface area contributed by atoms with E-state index in [1.54, 1.807) is 13.8 Å². The summed E-state index contributed by atoms with van der Waals surface area (Å²) < 4.78 is 0. The molecule has 1 aliphatic carbocycles. The van der Waals surface area contributed by atoms with Gasteiger partial charge < -0.3 is 25.2 Å². The smallest absolute Gasteiger partial charge is 0.814 e. The minimum atomic E-state index is 0. The van der Waals surface area contributed by atoms with Crippen LogP contribution in [0.5, 0.6) is 0 Å². The largest absolute Gasteiger partial charge is 4.00 e. The Morgan fingerprint density at radius 1 is 1.00 bits per heavy atom. The molecule has 0 radical (unpaired) electrons. The first-order valence-electron chi connectivity index (χ1n) is 4.75. The summed E-state index contributed by atoms with van der Waals surface area (Å²) in [6, 6.07) is 1.50. The number of hydrogen-bond donors (Lipinski definition) is 0. The van der Waals surface area contributed by atoms with Crippen molar-refractivity contribution in [2.45, 2.75) is 53.4 Å². The molecule has 0 aromatic rings. The maximum absolute atomic E-state index is 7.44. The fourth-order valence-electron chi connectivity index (χ4n) is 0.884. The van der Waals surface area contributed by atoms with Gasteiger partial charge in [-0.1, -0.05) is 53.4 Å². The van der Waals surface area contributed by atoms with E-state index in [4.69, 9.17) is 16.1 Å². The van der Waals surface area contributed by atoms with Crippen LogP contribution in [0.1, 0.15) is 53.4 Å². The van der Waals surface area contributed by atoms with E-state index in [-0.39, 0.29) is 34.3 Å². The van der Waals surface area contributed by atoms with Crippen molar-refractivity contribution in [3.05, 3.63) is 25.2 Å². The van der Waals surface area contributed by atoms with Crippen LogP contribution in [-0.2, 0) is 19.5 Å². The van der Waals surface area contributed by atoms with Gasteiger partial charge in [-0.25, -0.2) is 17.7 Å². The van der Waals surface area contributed by atoms with Crippen LogP contribution in [0, 0.1) is 25.7 Å². The van der Waals surface area contributed by atoms with E-state index >= 15 is 0 Å². The normalized spacial score (nSPS) is 9.00. The van der Waals surface area contributed by atoms with Gasteiger partial charge in [0.05, 0.1) is 0 Å². The molecule has 0 aliphatic heterocycles. The molecule has 4 heteroatoms. The molecule has 3 nitrogen and oxygen atoms in total. The molecule has 0 bridgehead atoms. The molecule has 0 atom stereocenters. The van der Waals surface area contributed by atoms with E-state index in [0.29, 0.717) is 0 Å². The maximum Gasteiger partial charge on any atom is 4.00 e. The number of hydrogen-bond acceptors (Lipinski definition) is 1. The van der Waals surface area contributed by atoms with Gasteiger partial charge in [-0.05, 0) is 0 Å². The predicted octanol–water partition coefficient (Wildman–Crippen LogP) is 4.67. The van der Waals surface area contributed by atoms with Gasteiger partial charge in [-0.3, -0.25) is 0 Å². The van der Waals surface area contributed by atoms with Crippen molar-refractivity contribution in [2.75, 3.05) is 0 Å². The van der Waals surface area contributed by atoms with E-state index in [2.05, 4.69) is 6.92 Å². The number of nitriles is 1. The molecule has 1 saturated carbocycles. The average molecular weight is 326 g/mol. The van der Waals surface area contributed by atoms with Crippen molar-refractivity contribution < 1.29 is 19.5 Å². The average Bonchev–Trinajstić information content (AvgIpc) is 2.63. The van der Waals surface area contributed by atoms with Gasteiger partial charge >= 0.3 is 19.5 Å². The molecule has 1 fully saturated rings. The molecule has 17 heavy (non-hydrogen) atoms. The Hall–Kier alpha value is -0.677. The Balaban J connectivity index is -0.0000000232. The van der Waals surface area contributed by atoms with Gasteiger partial charge in [-0.2, -0.15) is 0 Å². The molecular formula is C13H27N3Ru. The van der Waals surface area contributed by atoms with Crippen molar-refractivity contribution in [1.82, 2.24) is 0 Å². The molecule has 0 amide bonds. The first-order valence-corrected chi connectivity index (χ1v) is 4.75. The number of nitrogens with zero attached hydrogens (tertiary/aromatic N) is 3. The molecule has 0 spiro atoms. The first kappa shape index (κ1) is 36.0. The quantitative estimate of drug-likeness (QED) is 0.362. The van der Waals surface area contributed by atoms with E-state index in [1.807, 2.05) is 0 Å². The maximum atomic E-state index is 7.44. The summed E-state index contributed by atoms with van der Waals surface area (Å²) in [5.74, 6) is 0. The molecule has 0 aromatic heterocycles. The Morgan fingerprint density at radius 3 is 1.12 bits per heavy atom. The summed E-state index contributed by atoms with van der Waals surface area (Å²) in [5.41, 5.74) is 0. The van der Waals surface area contributed by atoms with Crippen molar-refractivity contribution in [1.29, 1.82) is 5.26 Å². The third-order valence-electron chi connectivity index (χ3n) is 1.25. The van der Waals surface area contributed by atoms with Crippen LogP contribution >= 0.6 is 0 Å². The van der Waals surface area contributed by atoms with Gasteiger partial charge in [-0.15, -0.1) is 6.07 Å². The van der Waals surface area contributed by atoms with Crippen molar-refractivity contribution in [3.63, 3.8) is 0 Å². The molecule has 0 saturated heterocycles. The van der Waals surface area contributed by atoms with Gasteiger partial charge in [0, 0.05) is 0 Å². The van der Waals surface area contributed by atoms with Crippen molar-refractivity contribution in [2.24, 2.45) is 0 Å². The van der Waals surface area contributed by atoms with Crippen LogP contribution in [0.4, 0.5) is 0 Å². The van der Waals surface area contributed by atoms with Crippen LogP contribution in [0.15, 0.2) is 0 Å². The Kier molecular flexibility index (Phi) is 124. The minimum absolute atomic E-state index is 0. The predicted molar refractivity (Wildman–Crippen MR) is 77.4 cm³/mol. The van der Waals surface area contributed by atoms with E-state index in [9.17, 15) is 0 Å². The second kappa shape index (κ2) is 58.6. The molecular weight excluding hydrogens is 299 g/mol. The zero-order chi connectivity index (χ0) is 11.7. The van der Waals surface area contributed by atoms with Gasteiger partial charge in [0.1, 0.15) is 0 Å². The molecule has 0 aromatic carbocycles. The molecule has 0 heterocycles. The molecule has 102 valence electrons. The van der Waals surface area contributed by atoms with Crippen LogP contribution in [-0.4, -0.2) is 12.4 Å². The second-order valence-corrected chi connectivity index (χ2v) is 2.44. The monoisotopic (exact) mass is 327 g/mol. The van der Waals surface area contributed by atoms with Crippen molar-refractivity contribution in [3.8, 4) is 6.07 Å². The van der Waals surface area contributed by atoms with Crippen LogP contribution in [0.2, 0.25) is 0 Å². The fourth-order valence-corrected chi connectivity index (χ4v) is 0.884. The Bertz CT molecular complexity index is 124. The molecule has 0 unspecified atom stereocenters. The first-order chi connectivity index (χ1) is 6.74. The third-order valence-corrected chi connectivity index (χ3v) is 1.25. The van der Waals surface area contributed by atoms with Crippen LogP contribution < -0.4 is 0 Å². The summed E-state index contributed by atoms with van der Waals surface area (Å²) in [6.07, 6.45) is 9.50. The van der Waals surface area contributed by atoms with Crippen LogP contribution in [0.25, 0.3) is 10.8 Å². The second-order valence-electron chi connectivity index (χ2n) is 2.44. The molecule has 1 aliphatic rings. The Labute approximate surface area is 122 Å². The summed E-state index contributed by atoms with van der Waals surface area (Å²) in [6.45, 7) is 5.90. The Morgan fingerprint density at radius 2 is 1.06 bits per heavy atom. The summed E-state index contributed by atoms with van der Waals surface area (Å²) in [4.78, 5) is 0. The molecule has 1 rings (SSSR count). The van der Waals surface area contributed by atoms with Gasteiger partial charge in [0.15, 0.2) is 0 Å². The fraction of sp³-hybridized carbons (Fsp3) is 0.615. The van der Waals surface area contributed by atoms with Gasteiger partial charge in [0.2, 0.25) is 0 Å². The minimum Gasteiger partial charge on any atom is -0.814 e. The SMILES string of the molecule is C.C1CCCC1.CC=[N-].CC=[N-].[CH2-]C#N.[CH3-].[Ru+4]. The molecule has 0 N–H and O–H groups in total. The van der Waals surface area contributed by atoms with Crippen molar-refractivity contribution >= 4 is 12.4 Å². The standard InChI is InChI=1S/C5H10.2C2H4N.C2H2N.CH4.CH3.Ru/c1-2-4-5-3-1;3*1-2-3;;;/h1-5H2;2*2H,1H3;1H2;1H4;1H3;/q;3*-1;;-1;+4. The van der Waals surface area contributed by atoms with Crippen LogP contribution in [0.3, 0.4) is 0 Å². The third kappa shape index (κ3) is 146. The number of rotatable bonds is 0. The zero-order valence-electron chi connectivity index (χ0n) is 10.6. The van der Waals surface area contributed by atoms with E-state index in [1.165, 1.54) is 38.2 Å². The topological polar surface area (TPSA) is 68.4 Å².